The van der Waals surface area contributed by atoms with E-state index in [2.05, 4.69) is 14.7 Å². The number of anilines is 1. The number of nitrogen functional groups attached to an aromatic ring is 1. The molecule has 0 saturated heterocycles. The van der Waals surface area contributed by atoms with Gasteiger partial charge in [0.1, 0.15) is 10.7 Å². The Hall–Kier alpha value is -1.64. The molecule has 1 unspecified atom stereocenters. The van der Waals surface area contributed by atoms with Crippen molar-refractivity contribution in [1.29, 1.82) is 0 Å². The summed E-state index contributed by atoms with van der Waals surface area (Å²) in [5.74, 6) is -0.635. The van der Waals surface area contributed by atoms with Gasteiger partial charge in [-0.15, -0.1) is 0 Å². The van der Waals surface area contributed by atoms with Crippen LogP contribution in [0.4, 0.5) is 10.1 Å². The summed E-state index contributed by atoms with van der Waals surface area (Å²) < 4.78 is 40.4. The molecule has 1 aromatic heterocycles. The fourth-order valence-corrected chi connectivity index (χ4v) is 3.27. The van der Waals surface area contributed by atoms with Crippen LogP contribution in [0.1, 0.15) is 18.8 Å². The number of aromatic amines is 1. The normalized spacial score (nSPS) is 13.3. The largest absolute Gasteiger partial charge is 0.399 e. The summed E-state index contributed by atoms with van der Waals surface area (Å²) in [6.07, 6.45) is 3.04. The number of hydrogen-bond acceptors (Lipinski definition) is 4. The summed E-state index contributed by atoms with van der Waals surface area (Å²) in [7, 11) is -4.11. The van der Waals surface area contributed by atoms with Crippen molar-refractivity contribution in [3.63, 3.8) is 0 Å². The highest BCUT2D eigenvalue weighted by Gasteiger charge is 2.25. The number of nitrogens with zero attached hydrogens (tertiary/aromatic N) is 1. The number of sulfonamides is 1. The predicted octanol–water partition coefficient (Wildman–Crippen LogP) is 1.82. The Bertz CT molecular complexity index is 718. The minimum absolute atomic E-state index is 0.0578. The molecule has 1 heterocycles. The lowest BCUT2D eigenvalue weighted by Crippen LogP contribution is -2.28. The van der Waals surface area contributed by atoms with Gasteiger partial charge in [0.15, 0.2) is 5.82 Å². The first-order chi connectivity index (χ1) is 9.31. The van der Waals surface area contributed by atoms with Gasteiger partial charge in [0.25, 0.3) is 0 Å². The van der Waals surface area contributed by atoms with E-state index in [0.717, 1.165) is 12.1 Å². The van der Waals surface area contributed by atoms with Crippen LogP contribution in [0.15, 0.2) is 29.4 Å². The second kappa shape index (κ2) is 5.39. The number of nitrogens with one attached hydrogen (secondary N) is 2. The number of hydrogen-bond donors (Lipinski definition) is 3. The second-order valence-corrected chi connectivity index (χ2v) is 6.22. The third-order valence-electron chi connectivity index (χ3n) is 2.57. The summed E-state index contributed by atoms with van der Waals surface area (Å²) in [6, 6.07) is 1.50. The van der Waals surface area contributed by atoms with Crippen LogP contribution in [0, 0.1) is 5.82 Å². The molecule has 6 nitrogen and oxygen atoms in total. The summed E-state index contributed by atoms with van der Waals surface area (Å²) in [5, 5.41) is -0.351. The van der Waals surface area contributed by atoms with Crippen molar-refractivity contribution in [2.24, 2.45) is 0 Å². The number of nitrogens with two attached hydrogens (primary N) is 1. The smallest absolute Gasteiger partial charge is 0.244 e. The highest BCUT2D eigenvalue weighted by molar-refractivity contribution is 7.89. The second-order valence-electron chi connectivity index (χ2n) is 4.13. The third-order valence-corrected chi connectivity index (χ3v) is 4.38. The van der Waals surface area contributed by atoms with E-state index in [1.165, 1.54) is 6.20 Å². The maximum absolute atomic E-state index is 13.8. The molecule has 0 radical (unpaired) electrons. The lowest BCUT2D eigenvalue weighted by Gasteiger charge is -2.13. The lowest BCUT2D eigenvalue weighted by atomic mass is 10.3. The molecule has 0 aliphatic rings. The molecule has 0 aliphatic heterocycles. The van der Waals surface area contributed by atoms with Crippen molar-refractivity contribution < 1.29 is 12.8 Å². The van der Waals surface area contributed by atoms with Crippen molar-refractivity contribution in [3.8, 4) is 0 Å². The zero-order valence-corrected chi connectivity index (χ0v) is 12.0. The summed E-state index contributed by atoms with van der Waals surface area (Å²) in [5.41, 5.74) is 5.55. The highest BCUT2D eigenvalue weighted by Crippen LogP contribution is 2.26. The Balaban J connectivity index is 2.36. The zero-order chi connectivity index (χ0) is 14.9. The molecule has 0 fully saturated rings. The van der Waals surface area contributed by atoms with Gasteiger partial charge >= 0.3 is 0 Å². The van der Waals surface area contributed by atoms with Crippen LogP contribution in [-0.4, -0.2) is 18.4 Å². The number of benzene rings is 1. The van der Waals surface area contributed by atoms with Crippen molar-refractivity contribution in [3.05, 3.63) is 41.2 Å². The molecule has 1 atom stereocenters. The van der Waals surface area contributed by atoms with Gasteiger partial charge in [-0.05, 0) is 19.1 Å². The third kappa shape index (κ3) is 2.92. The topological polar surface area (TPSA) is 101 Å². The van der Waals surface area contributed by atoms with Gasteiger partial charge in [-0.1, -0.05) is 11.6 Å². The van der Waals surface area contributed by atoms with Gasteiger partial charge < -0.3 is 10.7 Å². The average molecular weight is 319 g/mol. The van der Waals surface area contributed by atoms with E-state index in [1.54, 1.807) is 13.1 Å². The van der Waals surface area contributed by atoms with E-state index >= 15 is 0 Å². The van der Waals surface area contributed by atoms with Crippen molar-refractivity contribution in [2.75, 3.05) is 5.73 Å². The van der Waals surface area contributed by atoms with Gasteiger partial charge in [-0.3, -0.25) is 0 Å². The van der Waals surface area contributed by atoms with Crippen LogP contribution in [0.5, 0.6) is 0 Å². The summed E-state index contributed by atoms with van der Waals surface area (Å²) in [4.78, 5) is 6.09. The Labute approximate surface area is 120 Å². The molecule has 2 aromatic rings. The van der Waals surface area contributed by atoms with E-state index in [0.29, 0.717) is 5.82 Å². The zero-order valence-electron chi connectivity index (χ0n) is 10.4. The van der Waals surface area contributed by atoms with E-state index in [1.807, 2.05) is 0 Å². The summed E-state index contributed by atoms with van der Waals surface area (Å²) in [6.45, 7) is 1.57. The van der Waals surface area contributed by atoms with Crippen molar-refractivity contribution in [2.45, 2.75) is 17.9 Å². The number of halogens is 2. The van der Waals surface area contributed by atoms with Crippen LogP contribution >= 0.6 is 11.6 Å². The minimum Gasteiger partial charge on any atom is -0.399 e. The Morgan fingerprint density at radius 1 is 1.50 bits per heavy atom. The molecular weight excluding hydrogens is 307 g/mol. The Morgan fingerprint density at radius 2 is 2.20 bits per heavy atom. The number of imidazole rings is 1. The van der Waals surface area contributed by atoms with Gasteiger partial charge in [0.2, 0.25) is 10.0 Å². The quantitative estimate of drug-likeness (QED) is 0.748. The lowest BCUT2D eigenvalue weighted by molar-refractivity contribution is 0.543. The van der Waals surface area contributed by atoms with Crippen molar-refractivity contribution >= 4 is 27.3 Å². The van der Waals surface area contributed by atoms with Gasteiger partial charge in [0, 0.05) is 18.1 Å². The molecule has 0 spiro atoms. The molecule has 1 aromatic carbocycles. The van der Waals surface area contributed by atoms with Gasteiger partial charge in [-0.2, -0.15) is 0 Å². The molecular formula is C11H12ClFN4O2S. The average Bonchev–Trinajstić information content (AvgIpc) is 2.86. The predicted molar refractivity (Wildman–Crippen MR) is 73.1 cm³/mol. The van der Waals surface area contributed by atoms with Crippen LogP contribution in [0.2, 0.25) is 5.02 Å². The molecule has 0 amide bonds. The standard InChI is InChI=1S/C11H12ClFN4O2S/c1-6(11-15-2-3-16-11)17-20(18,19)9-5-7(14)4-8(12)10(9)13/h2-6,17H,14H2,1H3,(H,15,16). The fourth-order valence-electron chi connectivity index (χ4n) is 1.65. The van der Waals surface area contributed by atoms with Gasteiger partial charge in [0.05, 0.1) is 11.1 Å². The maximum atomic E-state index is 13.8. The van der Waals surface area contributed by atoms with E-state index in [4.69, 9.17) is 17.3 Å². The molecule has 0 bridgehead atoms. The van der Waals surface area contributed by atoms with Crippen LogP contribution in [0.25, 0.3) is 0 Å². The molecule has 9 heteroatoms. The van der Waals surface area contributed by atoms with E-state index in [9.17, 15) is 12.8 Å². The monoisotopic (exact) mass is 318 g/mol. The number of aromatic nitrogens is 2. The Kier molecular flexibility index (Phi) is 3.98. The first-order valence-electron chi connectivity index (χ1n) is 5.57. The van der Waals surface area contributed by atoms with Crippen LogP contribution in [0.3, 0.4) is 0 Å². The van der Waals surface area contributed by atoms with Crippen LogP contribution in [-0.2, 0) is 10.0 Å². The maximum Gasteiger partial charge on any atom is 0.244 e. The fraction of sp³-hybridized carbons (Fsp3) is 0.182. The minimum atomic E-state index is -4.11. The summed E-state index contributed by atoms with van der Waals surface area (Å²) >= 11 is 5.60. The van der Waals surface area contributed by atoms with E-state index < -0.39 is 26.8 Å². The number of H-pyrrole nitrogens is 1. The van der Waals surface area contributed by atoms with Gasteiger partial charge in [-0.25, -0.2) is 22.5 Å². The van der Waals surface area contributed by atoms with Crippen molar-refractivity contribution in [1.82, 2.24) is 14.7 Å². The van der Waals surface area contributed by atoms with Crippen LogP contribution < -0.4 is 10.5 Å². The first-order valence-corrected chi connectivity index (χ1v) is 7.43. The molecule has 2 rings (SSSR count). The molecule has 20 heavy (non-hydrogen) atoms. The molecule has 4 N–H and O–H groups in total. The number of rotatable bonds is 4. The SMILES string of the molecule is CC(NS(=O)(=O)c1cc(N)cc(Cl)c1F)c1ncc[nH]1. The first kappa shape index (κ1) is 14.8. The molecule has 108 valence electrons. The van der Waals surface area contributed by atoms with E-state index in [-0.39, 0.29) is 10.7 Å². The molecule has 0 aliphatic carbocycles. The Morgan fingerprint density at radius 3 is 2.80 bits per heavy atom. The molecule has 0 saturated carbocycles. The highest BCUT2D eigenvalue weighted by atomic mass is 35.5.